The molecule has 0 saturated heterocycles. The highest BCUT2D eigenvalue weighted by molar-refractivity contribution is 5.74. The first-order valence-electron chi connectivity index (χ1n) is 5.22. The van der Waals surface area contributed by atoms with E-state index in [4.69, 9.17) is 0 Å². The van der Waals surface area contributed by atoms with E-state index in [2.05, 4.69) is 19.2 Å². The van der Waals surface area contributed by atoms with Crippen molar-refractivity contribution >= 4 is 11.8 Å². The molecule has 1 rings (SSSR count). The molecule has 0 aliphatic rings. The Labute approximate surface area is 115 Å². The molecule has 0 aliphatic carbocycles. The molecule has 1 aromatic heterocycles. The van der Waals surface area contributed by atoms with Gasteiger partial charge in [-0.1, -0.05) is 0 Å². The van der Waals surface area contributed by atoms with E-state index in [9.17, 15) is 28.1 Å². The molecule has 11 heteroatoms. The molecule has 0 radical (unpaired) electrons. The Morgan fingerprint density at radius 2 is 2.00 bits per heavy atom. The van der Waals surface area contributed by atoms with Crippen molar-refractivity contribution in [2.45, 2.75) is 12.8 Å². The van der Waals surface area contributed by atoms with Crippen LogP contribution in [-0.4, -0.2) is 36.5 Å². The Bertz CT molecular complexity index is 560. The first-order chi connectivity index (χ1) is 9.69. The number of ether oxygens (including phenoxy) is 3. The van der Waals surface area contributed by atoms with E-state index < -0.39 is 41.0 Å². The summed E-state index contributed by atoms with van der Waals surface area (Å²) < 4.78 is 49.8. The van der Waals surface area contributed by atoms with Crippen molar-refractivity contribution in [2.75, 3.05) is 14.2 Å². The number of methoxy groups -OCH3 is 2. The zero-order valence-electron chi connectivity index (χ0n) is 10.8. The van der Waals surface area contributed by atoms with E-state index in [0.29, 0.717) is 0 Å². The van der Waals surface area contributed by atoms with Gasteiger partial charge in [0, 0.05) is 0 Å². The van der Waals surface area contributed by atoms with E-state index >= 15 is 0 Å². The van der Waals surface area contributed by atoms with Crippen molar-refractivity contribution in [1.29, 1.82) is 0 Å². The topological polar surface area (TPSA) is 101 Å². The molecule has 0 aromatic carbocycles. The highest BCUT2D eigenvalue weighted by Gasteiger charge is 2.37. The molecule has 116 valence electrons. The minimum atomic E-state index is -5.13. The normalized spacial score (nSPS) is 10.9. The van der Waals surface area contributed by atoms with Crippen molar-refractivity contribution in [1.82, 2.24) is 4.98 Å². The Morgan fingerprint density at radius 1 is 1.38 bits per heavy atom. The molecular formula is C10H9F3N2O6. The van der Waals surface area contributed by atoms with Crippen LogP contribution in [0.25, 0.3) is 0 Å². The number of hydrogen-bond acceptors (Lipinski definition) is 7. The number of nitro groups is 1. The number of carbonyl (C=O) groups is 1. The molecule has 0 N–H and O–H groups in total. The zero-order chi connectivity index (χ0) is 16.2. The molecule has 0 bridgehead atoms. The summed E-state index contributed by atoms with van der Waals surface area (Å²) in [4.78, 5) is 24.2. The molecule has 8 nitrogen and oxygen atoms in total. The van der Waals surface area contributed by atoms with Crippen LogP contribution in [0.2, 0.25) is 0 Å². The number of hydrogen-bond donors (Lipinski definition) is 0. The summed E-state index contributed by atoms with van der Waals surface area (Å²) >= 11 is 0. The molecular weight excluding hydrogens is 301 g/mol. The van der Waals surface area contributed by atoms with Crippen molar-refractivity contribution in [2.24, 2.45) is 0 Å². The molecule has 1 aromatic rings. The van der Waals surface area contributed by atoms with Crippen LogP contribution in [0, 0.1) is 10.1 Å². The largest absolute Gasteiger partial charge is 0.573 e. The second-order valence-corrected chi connectivity index (χ2v) is 3.53. The smallest absolute Gasteiger partial charge is 0.486 e. The Hall–Kier alpha value is -2.59. The van der Waals surface area contributed by atoms with Crippen molar-refractivity contribution < 1.29 is 37.1 Å². The highest BCUT2D eigenvalue weighted by atomic mass is 19.4. The Morgan fingerprint density at radius 3 is 2.43 bits per heavy atom. The molecule has 0 saturated carbocycles. The molecule has 0 unspecified atom stereocenters. The molecule has 0 spiro atoms. The quantitative estimate of drug-likeness (QED) is 0.462. The predicted molar refractivity (Wildman–Crippen MR) is 59.8 cm³/mol. The third-order valence-corrected chi connectivity index (χ3v) is 2.20. The van der Waals surface area contributed by atoms with Gasteiger partial charge >= 0.3 is 18.1 Å². The fraction of sp³-hybridized carbons (Fsp3) is 0.400. The molecule has 1 heterocycles. The lowest BCUT2D eigenvalue weighted by Crippen LogP contribution is -2.20. The maximum absolute atomic E-state index is 12.4. The van der Waals surface area contributed by atoms with Gasteiger partial charge in [0.2, 0.25) is 0 Å². The standard InChI is InChI=1S/C10H9F3N2O6/c1-19-6(16)3-5-4-14-9(15(17)18)8(20-2)7(5)21-10(11,12)13/h4H,3H2,1-2H3. The van der Waals surface area contributed by atoms with Gasteiger partial charge in [-0.15, -0.1) is 13.2 Å². The summed E-state index contributed by atoms with van der Waals surface area (Å²) in [5.41, 5.74) is -0.360. The number of pyridine rings is 1. The average Bonchev–Trinajstić information content (AvgIpc) is 2.38. The van der Waals surface area contributed by atoms with Gasteiger partial charge in [-0.3, -0.25) is 4.79 Å². The average molecular weight is 310 g/mol. The minimum Gasteiger partial charge on any atom is -0.486 e. The maximum Gasteiger partial charge on any atom is 0.573 e. The van der Waals surface area contributed by atoms with Gasteiger partial charge < -0.3 is 24.3 Å². The number of alkyl halides is 3. The lowest BCUT2D eigenvalue weighted by Gasteiger charge is -2.14. The lowest BCUT2D eigenvalue weighted by molar-refractivity contribution is -0.390. The number of aromatic nitrogens is 1. The third kappa shape index (κ3) is 4.19. The SMILES string of the molecule is COC(=O)Cc1cnc([N+](=O)[O-])c(OC)c1OC(F)(F)F. The highest BCUT2D eigenvalue weighted by Crippen LogP contribution is 2.40. The van der Waals surface area contributed by atoms with E-state index in [1.165, 1.54) is 0 Å². The summed E-state index contributed by atoms with van der Waals surface area (Å²) in [5.74, 6) is -3.68. The molecule has 0 amide bonds. The van der Waals surface area contributed by atoms with Crippen LogP contribution in [0.4, 0.5) is 19.0 Å². The molecule has 0 atom stereocenters. The maximum atomic E-state index is 12.4. The number of esters is 1. The second kappa shape index (κ2) is 6.24. The van der Waals surface area contributed by atoms with Gasteiger partial charge in [-0.05, 0) is 9.91 Å². The number of halogens is 3. The van der Waals surface area contributed by atoms with Gasteiger partial charge in [0.25, 0.3) is 5.75 Å². The van der Waals surface area contributed by atoms with Gasteiger partial charge in [0.15, 0.2) is 5.75 Å². The van der Waals surface area contributed by atoms with Crippen LogP contribution < -0.4 is 9.47 Å². The minimum absolute atomic E-state index is 0.360. The van der Waals surface area contributed by atoms with Crippen LogP contribution in [0.5, 0.6) is 11.5 Å². The van der Waals surface area contributed by atoms with Crippen LogP contribution in [0.1, 0.15) is 5.56 Å². The van der Waals surface area contributed by atoms with Crippen molar-refractivity contribution in [3.05, 3.63) is 21.9 Å². The van der Waals surface area contributed by atoms with Gasteiger partial charge in [0.05, 0.1) is 26.2 Å². The van der Waals surface area contributed by atoms with Crippen LogP contribution >= 0.6 is 0 Å². The summed E-state index contributed by atoms with van der Waals surface area (Å²) in [6.07, 6.45) is -5.03. The third-order valence-electron chi connectivity index (χ3n) is 2.20. The number of rotatable bonds is 5. The number of carbonyl (C=O) groups excluding carboxylic acids is 1. The van der Waals surface area contributed by atoms with Crippen LogP contribution in [0.3, 0.4) is 0 Å². The summed E-state index contributed by atoms with van der Waals surface area (Å²) in [6.45, 7) is 0. The summed E-state index contributed by atoms with van der Waals surface area (Å²) in [6, 6.07) is 0. The van der Waals surface area contributed by atoms with E-state index in [0.717, 1.165) is 20.4 Å². The molecule has 0 aliphatic heterocycles. The summed E-state index contributed by atoms with van der Waals surface area (Å²) in [5, 5.41) is 10.7. The Kier molecular flexibility index (Phi) is 4.89. The molecule has 21 heavy (non-hydrogen) atoms. The zero-order valence-corrected chi connectivity index (χ0v) is 10.8. The second-order valence-electron chi connectivity index (χ2n) is 3.53. The molecule has 0 fully saturated rings. The van der Waals surface area contributed by atoms with Gasteiger partial charge in [0.1, 0.15) is 6.20 Å². The van der Waals surface area contributed by atoms with E-state index in [-0.39, 0.29) is 5.56 Å². The number of nitrogens with zero attached hydrogens (tertiary/aromatic N) is 2. The fourth-order valence-electron chi connectivity index (χ4n) is 1.40. The van der Waals surface area contributed by atoms with Crippen LogP contribution in [-0.2, 0) is 16.0 Å². The summed E-state index contributed by atoms with van der Waals surface area (Å²) in [7, 11) is 1.94. The fourth-order valence-corrected chi connectivity index (χ4v) is 1.40. The Balaban J connectivity index is 3.43. The van der Waals surface area contributed by atoms with Gasteiger partial charge in [-0.25, -0.2) is 0 Å². The first kappa shape index (κ1) is 16.5. The van der Waals surface area contributed by atoms with E-state index in [1.54, 1.807) is 0 Å². The van der Waals surface area contributed by atoms with Crippen molar-refractivity contribution in [3.63, 3.8) is 0 Å². The van der Waals surface area contributed by atoms with Crippen molar-refractivity contribution in [3.8, 4) is 11.5 Å². The monoisotopic (exact) mass is 310 g/mol. The predicted octanol–water partition coefficient (Wildman–Crippen LogP) is 1.61. The van der Waals surface area contributed by atoms with Gasteiger partial charge in [-0.2, -0.15) is 0 Å². The van der Waals surface area contributed by atoms with E-state index in [1.807, 2.05) is 0 Å². The van der Waals surface area contributed by atoms with Crippen LogP contribution in [0.15, 0.2) is 6.20 Å². The lowest BCUT2D eigenvalue weighted by atomic mass is 10.1. The first-order valence-corrected chi connectivity index (χ1v) is 5.22.